The summed E-state index contributed by atoms with van der Waals surface area (Å²) in [6.07, 6.45) is 0. The molecule has 0 amide bonds. The number of hydrogen-bond donors (Lipinski definition) is 1. The van der Waals surface area contributed by atoms with E-state index < -0.39 is 0 Å². The Hall–Kier alpha value is -2.51. The maximum atomic E-state index is 8.91. The Morgan fingerprint density at radius 1 is 1.00 bits per heavy atom. The van der Waals surface area contributed by atoms with Crippen LogP contribution in [-0.2, 0) is 13.1 Å². The summed E-state index contributed by atoms with van der Waals surface area (Å²) in [4.78, 5) is 9.16. The standard InChI is InChI=1S/C23H29N5O2.HI/c1-25-23(26-16-19-6-4-18(15-24)5-7-19)28-12-10-27(11-13-28)17-20-8-9-21(29-2)22(14-20)30-3;/h4-9,14H,10-13,16-17H2,1-3H3,(H,25,26);1H. The summed E-state index contributed by atoms with van der Waals surface area (Å²) in [5.41, 5.74) is 3.01. The van der Waals surface area contributed by atoms with Gasteiger partial charge in [0.1, 0.15) is 0 Å². The van der Waals surface area contributed by atoms with E-state index in [2.05, 4.69) is 32.2 Å². The van der Waals surface area contributed by atoms with Gasteiger partial charge in [0, 0.05) is 46.3 Å². The fourth-order valence-electron chi connectivity index (χ4n) is 3.57. The minimum atomic E-state index is 0. The van der Waals surface area contributed by atoms with Crippen LogP contribution in [0.1, 0.15) is 16.7 Å². The number of aliphatic imine (C=N–C) groups is 1. The summed E-state index contributed by atoms with van der Waals surface area (Å²) >= 11 is 0. The number of hydrogen-bond acceptors (Lipinski definition) is 5. The lowest BCUT2D eigenvalue weighted by atomic mass is 10.1. The first-order chi connectivity index (χ1) is 14.7. The molecule has 166 valence electrons. The van der Waals surface area contributed by atoms with Gasteiger partial charge >= 0.3 is 0 Å². The first-order valence-electron chi connectivity index (χ1n) is 10.0. The van der Waals surface area contributed by atoms with Gasteiger partial charge in [0.2, 0.25) is 0 Å². The van der Waals surface area contributed by atoms with Gasteiger partial charge in [-0.3, -0.25) is 9.89 Å². The molecule has 0 aliphatic carbocycles. The van der Waals surface area contributed by atoms with E-state index in [-0.39, 0.29) is 24.0 Å². The third-order valence-electron chi connectivity index (χ3n) is 5.27. The van der Waals surface area contributed by atoms with Crippen molar-refractivity contribution in [1.29, 1.82) is 5.26 Å². The van der Waals surface area contributed by atoms with Gasteiger partial charge in [0.05, 0.1) is 25.9 Å². The molecule has 0 radical (unpaired) electrons. The number of halogens is 1. The lowest BCUT2D eigenvalue weighted by Gasteiger charge is -2.36. The van der Waals surface area contributed by atoms with E-state index in [0.29, 0.717) is 12.1 Å². The highest BCUT2D eigenvalue weighted by molar-refractivity contribution is 14.0. The first kappa shape index (κ1) is 24.8. The predicted molar refractivity (Wildman–Crippen MR) is 133 cm³/mol. The van der Waals surface area contributed by atoms with Gasteiger partial charge < -0.3 is 19.7 Å². The normalized spacial score (nSPS) is 14.4. The molecular weight excluding hydrogens is 505 g/mol. The monoisotopic (exact) mass is 535 g/mol. The maximum absolute atomic E-state index is 8.91. The molecule has 1 aliphatic heterocycles. The van der Waals surface area contributed by atoms with Crippen LogP contribution in [0.2, 0.25) is 0 Å². The van der Waals surface area contributed by atoms with Gasteiger partial charge in [-0.2, -0.15) is 5.26 Å². The van der Waals surface area contributed by atoms with Crippen LogP contribution in [-0.4, -0.2) is 63.2 Å². The summed E-state index contributed by atoms with van der Waals surface area (Å²) in [5.74, 6) is 2.43. The Morgan fingerprint density at radius 2 is 1.65 bits per heavy atom. The number of nitriles is 1. The summed E-state index contributed by atoms with van der Waals surface area (Å²) in [7, 11) is 5.13. The molecule has 1 heterocycles. The number of nitrogens with zero attached hydrogens (tertiary/aromatic N) is 4. The van der Waals surface area contributed by atoms with E-state index in [4.69, 9.17) is 14.7 Å². The lowest BCUT2D eigenvalue weighted by molar-refractivity contribution is 0.172. The number of methoxy groups -OCH3 is 2. The molecule has 3 rings (SSSR count). The Morgan fingerprint density at radius 3 is 2.23 bits per heavy atom. The van der Waals surface area contributed by atoms with Gasteiger partial charge in [0.15, 0.2) is 17.5 Å². The van der Waals surface area contributed by atoms with Crippen molar-refractivity contribution in [2.24, 2.45) is 4.99 Å². The highest BCUT2D eigenvalue weighted by Crippen LogP contribution is 2.28. The molecule has 0 unspecified atom stereocenters. The molecular formula is C23H30IN5O2. The van der Waals surface area contributed by atoms with Crippen molar-refractivity contribution in [3.8, 4) is 17.6 Å². The average Bonchev–Trinajstić information content (AvgIpc) is 2.80. The van der Waals surface area contributed by atoms with Crippen molar-refractivity contribution in [3.05, 3.63) is 59.2 Å². The Kier molecular flexibility index (Phi) is 9.88. The summed E-state index contributed by atoms with van der Waals surface area (Å²) < 4.78 is 10.7. The van der Waals surface area contributed by atoms with E-state index in [1.165, 1.54) is 5.56 Å². The molecule has 1 aliphatic rings. The maximum Gasteiger partial charge on any atom is 0.194 e. The fourth-order valence-corrected chi connectivity index (χ4v) is 3.57. The zero-order valence-electron chi connectivity index (χ0n) is 18.3. The molecule has 0 spiro atoms. The van der Waals surface area contributed by atoms with Crippen LogP contribution < -0.4 is 14.8 Å². The topological polar surface area (TPSA) is 73.1 Å². The van der Waals surface area contributed by atoms with Gasteiger partial charge in [0.25, 0.3) is 0 Å². The van der Waals surface area contributed by atoms with Crippen molar-refractivity contribution >= 4 is 29.9 Å². The molecule has 31 heavy (non-hydrogen) atoms. The zero-order valence-corrected chi connectivity index (χ0v) is 20.6. The molecule has 2 aromatic carbocycles. The number of ether oxygens (including phenoxy) is 2. The highest BCUT2D eigenvalue weighted by atomic mass is 127. The van der Waals surface area contributed by atoms with Crippen molar-refractivity contribution in [3.63, 3.8) is 0 Å². The quantitative estimate of drug-likeness (QED) is 0.349. The molecule has 0 atom stereocenters. The number of benzene rings is 2. The minimum Gasteiger partial charge on any atom is -0.493 e. The second-order valence-corrected chi connectivity index (χ2v) is 7.16. The highest BCUT2D eigenvalue weighted by Gasteiger charge is 2.20. The molecule has 1 saturated heterocycles. The van der Waals surface area contributed by atoms with Crippen LogP contribution in [0.4, 0.5) is 0 Å². The van der Waals surface area contributed by atoms with E-state index in [0.717, 1.165) is 55.7 Å². The summed E-state index contributed by atoms with van der Waals surface area (Å²) in [6.45, 7) is 5.33. The summed E-state index contributed by atoms with van der Waals surface area (Å²) in [5, 5.41) is 12.3. The fraction of sp³-hybridized carbons (Fsp3) is 0.391. The van der Waals surface area contributed by atoms with Crippen molar-refractivity contribution < 1.29 is 9.47 Å². The van der Waals surface area contributed by atoms with Crippen LogP contribution >= 0.6 is 24.0 Å². The van der Waals surface area contributed by atoms with Gasteiger partial charge in [-0.1, -0.05) is 18.2 Å². The van der Waals surface area contributed by atoms with E-state index in [1.54, 1.807) is 14.2 Å². The Balaban J connectivity index is 0.00000341. The third kappa shape index (κ3) is 6.74. The molecule has 1 N–H and O–H groups in total. The summed E-state index contributed by atoms with van der Waals surface area (Å²) in [6, 6.07) is 15.9. The smallest absolute Gasteiger partial charge is 0.194 e. The second-order valence-electron chi connectivity index (χ2n) is 7.16. The SMILES string of the molecule is CN=C(NCc1ccc(C#N)cc1)N1CCN(Cc2ccc(OC)c(OC)c2)CC1.I. The van der Waals surface area contributed by atoms with Crippen molar-refractivity contribution in [1.82, 2.24) is 15.1 Å². The van der Waals surface area contributed by atoms with Crippen LogP contribution in [0.25, 0.3) is 0 Å². The third-order valence-corrected chi connectivity index (χ3v) is 5.27. The number of rotatable bonds is 6. The van der Waals surface area contributed by atoms with Crippen LogP contribution in [0.3, 0.4) is 0 Å². The van der Waals surface area contributed by atoms with Crippen LogP contribution in [0, 0.1) is 11.3 Å². The van der Waals surface area contributed by atoms with E-state index in [9.17, 15) is 0 Å². The number of nitrogens with one attached hydrogen (secondary N) is 1. The van der Waals surface area contributed by atoms with Gasteiger partial charge in [-0.25, -0.2) is 0 Å². The number of piperazine rings is 1. The second kappa shape index (κ2) is 12.4. The van der Waals surface area contributed by atoms with Gasteiger partial charge in [-0.15, -0.1) is 24.0 Å². The minimum absolute atomic E-state index is 0. The molecule has 1 fully saturated rings. The van der Waals surface area contributed by atoms with Crippen LogP contribution in [0.15, 0.2) is 47.5 Å². The Bertz CT molecular complexity index is 903. The van der Waals surface area contributed by atoms with Crippen molar-refractivity contribution in [2.75, 3.05) is 47.4 Å². The molecule has 7 nitrogen and oxygen atoms in total. The molecule has 2 aromatic rings. The lowest BCUT2D eigenvalue weighted by Crippen LogP contribution is -2.52. The molecule has 0 bridgehead atoms. The van der Waals surface area contributed by atoms with E-state index in [1.807, 2.05) is 43.4 Å². The van der Waals surface area contributed by atoms with Gasteiger partial charge in [-0.05, 0) is 35.4 Å². The van der Waals surface area contributed by atoms with Crippen LogP contribution in [0.5, 0.6) is 11.5 Å². The first-order valence-corrected chi connectivity index (χ1v) is 10.0. The molecule has 8 heteroatoms. The average molecular weight is 535 g/mol. The molecule has 0 aromatic heterocycles. The zero-order chi connectivity index (χ0) is 21.3. The molecule has 0 saturated carbocycles. The van der Waals surface area contributed by atoms with E-state index >= 15 is 0 Å². The Labute approximate surface area is 201 Å². The predicted octanol–water partition coefficient (Wildman–Crippen LogP) is 3.09. The largest absolute Gasteiger partial charge is 0.493 e. The number of guanidine groups is 1. The van der Waals surface area contributed by atoms with Crippen molar-refractivity contribution in [2.45, 2.75) is 13.1 Å².